The Labute approximate surface area is 332 Å². The average molecular weight is 809 g/mol. The molecule has 0 aliphatic heterocycles. The van der Waals surface area contributed by atoms with Crippen LogP contribution in [0.3, 0.4) is 0 Å². The van der Waals surface area contributed by atoms with E-state index < -0.39 is 54.7 Å². The summed E-state index contributed by atoms with van der Waals surface area (Å²) in [5, 5.41) is 10.6. The number of esters is 3. The van der Waals surface area contributed by atoms with Gasteiger partial charge in [-0.2, -0.15) is 0 Å². The number of ether oxygens (including phenoxy) is 4. The monoisotopic (exact) mass is 808 g/mol. The van der Waals surface area contributed by atoms with E-state index in [4.69, 9.17) is 28.0 Å². The molecule has 0 aromatic heterocycles. The quantitative estimate of drug-likeness (QED) is 0.0276. The summed E-state index contributed by atoms with van der Waals surface area (Å²) in [5.74, 6) is -1.64. The zero-order valence-electron chi connectivity index (χ0n) is 34.5. The average Bonchev–Trinajstić information content (AvgIpc) is 3.13. The van der Waals surface area contributed by atoms with Gasteiger partial charge in [0.05, 0.1) is 50.6 Å². The second-order valence-corrected chi connectivity index (χ2v) is 17.7. The van der Waals surface area contributed by atoms with Gasteiger partial charge in [-0.15, -0.1) is 0 Å². The minimum Gasteiger partial charge on any atom is -0.491 e. The summed E-state index contributed by atoms with van der Waals surface area (Å²) in [6, 6.07) is 15.4. The van der Waals surface area contributed by atoms with E-state index >= 15 is 0 Å². The SMILES string of the molecule is CCCCOC(=O)C(C)(CC(C)(C)C(=O)OCCOP(=O)(O)OCC[N+](C)(C)C)CC(C)(CC)C(=O)OCC(O)COc1ccc(C(=O)c2ccccc2)cc1. The normalized spacial score (nSPS) is 15.7. The molecule has 314 valence electrons. The minimum absolute atomic E-state index is 0.00774. The lowest BCUT2D eigenvalue weighted by atomic mass is 9.65. The smallest absolute Gasteiger partial charge is 0.472 e. The summed E-state index contributed by atoms with van der Waals surface area (Å²) in [6.45, 7) is 9.56. The summed E-state index contributed by atoms with van der Waals surface area (Å²) < 4.78 is 44.9. The van der Waals surface area contributed by atoms with Gasteiger partial charge >= 0.3 is 25.7 Å². The van der Waals surface area contributed by atoms with E-state index in [1.807, 2.05) is 34.1 Å². The van der Waals surface area contributed by atoms with E-state index in [0.29, 0.717) is 34.3 Å². The Hall–Kier alpha value is -3.65. The van der Waals surface area contributed by atoms with Crippen LogP contribution in [0.25, 0.3) is 0 Å². The van der Waals surface area contributed by atoms with Crippen molar-refractivity contribution in [3.63, 3.8) is 0 Å². The van der Waals surface area contributed by atoms with Crippen molar-refractivity contribution in [2.24, 2.45) is 16.2 Å². The van der Waals surface area contributed by atoms with E-state index in [0.717, 1.165) is 6.42 Å². The first-order valence-electron chi connectivity index (χ1n) is 19.0. The number of carbonyl (C=O) groups excluding carboxylic acids is 4. The third-order valence-corrected chi connectivity index (χ3v) is 10.3. The number of aliphatic hydroxyl groups excluding tert-OH is 1. The molecular formula is C41H63NO13P+. The van der Waals surface area contributed by atoms with Crippen LogP contribution in [0.4, 0.5) is 0 Å². The van der Waals surface area contributed by atoms with Crippen LogP contribution in [0.5, 0.6) is 5.75 Å². The first kappa shape index (κ1) is 48.5. The second kappa shape index (κ2) is 21.8. The molecule has 0 amide bonds. The number of phosphoric ester groups is 1. The van der Waals surface area contributed by atoms with Crippen LogP contribution >= 0.6 is 7.82 Å². The van der Waals surface area contributed by atoms with Crippen LogP contribution in [0.15, 0.2) is 54.6 Å². The molecule has 2 N–H and O–H groups in total. The van der Waals surface area contributed by atoms with E-state index in [9.17, 15) is 33.7 Å². The Morgan fingerprint density at radius 2 is 1.29 bits per heavy atom. The fourth-order valence-corrected chi connectivity index (χ4v) is 6.63. The molecule has 0 radical (unpaired) electrons. The van der Waals surface area contributed by atoms with Crippen molar-refractivity contribution in [2.75, 3.05) is 67.3 Å². The van der Waals surface area contributed by atoms with Gasteiger partial charge in [-0.05, 0) is 77.6 Å². The van der Waals surface area contributed by atoms with E-state index in [2.05, 4.69) is 0 Å². The van der Waals surface area contributed by atoms with Crippen molar-refractivity contribution in [1.82, 2.24) is 0 Å². The first-order chi connectivity index (χ1) is 26.1. The van der Waals surface area contributed by atoms with Crippen molar-refractivity contribution in [2.45, 2.75) is 79.8 Å². The molecule has 4 atom stereocenters. The van der Waals surface area contributed by atoms with Crippen molar-refractivity contribution in [1.29, 1.82) is 0 Å². The van der Waals surface area contributed by atoms with Gasteiger partial charge in [-0.25, -0.2) is 4.57 Å². The van der Waals surface area contributed by atoms with Crippen molar-refractivity contribution < 1.29 is 66.2 Å². The van der Waals surface area contributed by atoms with Crippen molar-refractivity contribution in [3.05, 3.63) is 65.7 Å². The molecule has 15 heteroatoms. The fraction of sp³-hybridized carbons (Fsp3) is 0.610. The van der Waals surface area contributed by atoms with Crippen molar-refractivity contribution >= 4 is 31.5 Å². The van der Waals surface area contributed by atoms with Crippen LogP contribution in [0, 0.1) is 16.2 Å². The van der Waals surface area contributed by atoms with Crippen LogP contribution in [-0.4, -0.2) is 112 Å². The lowest BCUT2D eigenvalue weighted by Crippen LogP contribution is -2.44. The number of hydrogen-bond acceptors (Lipinski definition) is 12. The van der Waals surface area contributed by atoms with Gasteiger partial charge in [0.25, 0.3) is 0 Å². The molecule has 0 spiro atoms. The maximum Gasteiger partial charge on any atom is 0.472 e. The summed E-state index contributed by atoms with van der Waals surface area (Å²) in [6.07, 6.45) is 0.401. The summed E-state index contributed by atoms with van der Waals surface area (Å²) >= 11 is 0. The van der Waals surface area contributed by atoms with E-state index in [1.165, 1.54) is 0 Å². The zero-order valence-corrected chi connectivity index (χ0v) is 35.4. The number of phosphoric acid groups is 1. The summed E-state index contributed by atoms with van der Waals surface area (Å²) in [7, 11) is 1.36. The van der Waals surface area contributed by atoms with Crippen LogP contribution in [0.2, 0.25) is 0 Å². The summed E-state index contributed by atoms with van der Waals surface area (Å²) in [4.78, 5) is 63.2. The Bertz CT molecular complexity index is 1610. The molecule has 0 saturated heterocycles. The highest BCUT2D eigenvalue weighted by molar-refractivity contribution is 7.47. The Morgan fingerprint density at radius 3 is 1.88 bits per heavy atom. The molecule has 0 aliphatic carbocycles. The third-order valence-electron chi connectivity index (χ3n) is 9.25. The number of unbranched alkanes of at least 4 members (excludes halogenated alkanes) is 1. The molecule has 0 fully saturated rings. The number of hydrogen-bond donors (Lipinski definition) is 2. The number of benzene rings is 2. The minimum atomic E-state index is -4.36. The molecule has 2 aromatic rings. The molecule has 2 aromatic carbocycles. The zero-order chi connectivity index (χ0) is 42.2. The molecular weight excluding hydrogens is 745 g/mol. The highest BCUT2D eigenvalue weighted by Gasteiger charge is 2.50. The molecule has 0 aliphatic rings. The van der Waals surface area contributed by atoms with Gasteiger partial charge in [0.1, 0.15) is 44.8 Å². The van der Waals surface area contributed by atoms with Gasteiger partial charge in [-0.1, -0.05) is 50.6 Å². The van der Waals surface area contributed by atoms with Gasteiger partial charge in [0.15, 0.2) is 5.78 Å². The molecule has 56 heavy (non-hydrogen) atoms. The first-order valence-corrected chi connectivity index (χ1v) is 20.5. The molecule has 14 nitrogen and oxygen atoms in total. The maximum atomic E-state index is 13.7. The van der Waals surface area contributed by atoms with Crippen LogP contribution < -0.4 is 4.74 Å². The van der Waals surface area contributed by atoms with Crippen LogP contribution in [-0.2, 0) is 42.2 Å². The summed E-state index contributed by atoms with van der Waals surface area (Å²) in [5.41, 5.74) is -2.79. The van der Waals surface area contributed by atoms with Crippen molar-refractivity contribution in [3.8, 4) is 5.75 Å². The lowest BCUT2D eigenvalue weighted by molar-refractivity contribution is -0.870. The van der Waals surface area contributed by atoms with Gasteiger partial charge < -0.3 is 33.4 Å². The maximum absolute atomic E-state index is 13.7. The number of aliphatic hydroxyl groups is 1. The number of ketones is 1. The van der Waals surface area contributed by atoms with Crippen LogP contribution in [0.1, 0.15) is 89.6 Å². The highest BCUT2D eigenvalue weighted by atomic mass is 31.2. The molecule has 0 heterocycles. The third kappa shape index (κ3) is 16.4. The predicted molar refractivity (Wildman–Crippen MR) is 210 cm³/mol. The lowest BCUT2D eigenvalue weighted by Gasteiger charge is -2.39. The Morgan fingerprint density at radius 1 is 0.714 bits per heavy atom. The van der Waals surface area contributed by atoms with E-state index in [-0.39, 0.29) is 58.1 Å². The molecule has 4 unspecified atom stereocenters. The highest BCUT2D eigenvalue weighted by Crippen LogP contribution is 2.46. The number of carbonyl (C=O) groups is 4. The topological polar surface area (TPSA) is 181 Å². The molecule has 2 rings (SSSR count). The Kier molecular flexibility index (Phi) is 18.8. The van der Waals surface area contributed by atoms with Gasteiger partial charge in [-0.3, -0.25) is 28.2 Å². The number of likely N-dealkylation sites (N-methyl/N-ethyl adjacent to an activating group) is 1. The number of rotatable bonds is 26. The number of nitrogens with zero attached hydrogens (tertiary/aromatic N) is 1. The Balaban J connectivity index is 2.03. The fourth-order valence-electron chi connectivity index (χ4n) is 5.94. The van der Waals surface area contributed by atoms with E-state index in [1.54, 1.807) is 83.1 Å². The standard InChI is InChI=1S/C41H62NO13P/c1-10-12-23-50-38(47)41(6,29-39(3,4)36(45)51-25-26-55-56(48,49)54-24-22-42(7,8)9)30-40(5,11-2)37(46)53-28-33(43)27-52-34-20-18-32(19-21-34)35(44)31-16-14-13-15-17-31/h13-21,33,43H,10-12,22-30H2,1-9H3/p+1. The largest absolute Gasteiger partial charge is 0.491 e. The second-order valence-electron chi connectivity index (χ2n) is 16.3. The molecule has 0 saturated carbocycles. The molecule has 0 bridgehead atoms. The number of quaternary nitrogens is 1. The van der Waals surface area contributed by atoms with Gasteiger partial charge in [0.2, 0.25) is 0 Å². The van der Waals surface area contributed by atoms with Gasteiger partial charge in [0, 0.05) is 11.1 Å². The predicted octanol–water partition coefficient (Wildman–Crippen LogP) is 6.16.